The molecule has 0 atom stereocenters. The molecule has 3 nitrogen and oxygen atoms in total. The number of anilines is 1. The zero-order chi connectivity index (χ0) is 19.7. The van der Waals surface area contributed by atoms with E-state index in [0.29, 0.717) is 12.5 Å². The van der Waals surface area contributed by atoms with E-state index < -0.39 is 0 Å². The Balaban J connectivity index is 1.70. The molecule has 0 aliphatic rings. The lowest BCUT2D eigenvalue weighted by atomic mass is 9.82. The fourth-order valence-corrected chi connectivity index (χ4v) is 2.65. The van der Waals surface area contributed by atoms with Gasteiger partial charge in [-0.3, -0.25) is 0 Å². The Morgan fingerprint density at radius 1 is 0.852 bits per heavy atom. The van der Waals surface area contributed by atoms with Crippen LogP contribution in [0.4, 0.5) is 5.69 Å². The van der Waals surface area contributed by atoms with E-state index in [1.165, 1.54) is 5.56 Å². The Labute approximate surface area is 165 Å². The summed E-state index contributed by atoms with van der Waals surface area (Å²) in [6.45, 7) is 13.3. The van der Waals surface area contributed by atoms with Crippen molar-refractivity contribution in [2.45, 2.75) is 52.9 Å². The lowest BCUT2D eigenvalue weighted by molar-refractivity contribution is 0.289. The summed E-state index contributed by atoms with van der Waals surface area (Å²) < 4.78 is 11.6. The number of rotatable bonds is 11. The van der Waals surface area contributed by atoms with Crippen molar-refractivity contribution in [1.82, 2.24) is 0 Å². The van der Waals surface area contributed by atoms with Gasteiger partial charge in [0, 0.05) is 12.2 Å². The molecule has 0 fully saturated rings. The SMILES string of the molecule is CCC(C)(C)c1ccc(OCCNc2ccc(OCCC(C)C)cc2)cc1. The van der Waals surface area contributed by atoms with E-state index in [4.69, 9.17) is 9.47 Å². The second-order valence-electron chi connectivity index (χ2n) is 8.09. The Kier molecular flexibility index (Phi) is 8.02. The molecular weight excluding hydrogens is 334 g/mol. The van der Waals surface area contributed by atoms with Gasteiger partial charge in [-0.2, -0.15) is 0 Å². The smallest absolute Gasteiger partial charge is 0.119 e. The topological polar surface area (TPSA) is 30.5 Å². The van der Waals surface area contributed by atoms with Gasteiger partial charge in [0.05, 0.1) is 6.61 Å². The van der Waals surface area contributed by atoms with Crippen molar-refractivity contribution in [2.75, 3.05) is 25.1 Å². The van der Waals surface area contributed by atoms with E-state index in [2.05, 4.69) is 64.2 Å². The third-order valence-electron chi connectivity index (χ3n) is 5.04. The molecule has 148 valence electrons. The number of benzene rings is 2. The average molecular weight is 370 g/mol. The van der Waals surface area contributed by atoms with Crippen LogP contribution >= 0.6 is 0 Å². The highest BCUT2D eigenvalue weighted by atomic mass is 16.5. The number of nitrogens with one attached hydrogen (secondary N) is 1. The zero-order valence-electron chi connectivity index (χ0n) is 17.5. The van der Waals surface area contributed by atoms with E-state index in [9.17, 15) is 0 Å². The molecule has 0 heterocycles. The third kappa shape index (κ3) is 7.16. The Morgan fingerprint density at radius 3 is 1.96 bits per heavy atom. The van der Waals surface area contributed by atoms with E-state index in [1.807, 2.05) is 24.3 Å². The first-order valence-electron chi connectivity index (χ1n) is 10.1. The van der Waals surface area contributed by atoms with Gasteiger partial charge in [0.25, 0.3) is 0 Å². The maximum atomic E-state index is 5.84. The van der Waals surface area contributed by atoms with Crippen LogP contribution in [-0.4, -0.2) is 19.8 Å². The molecule has 2 aromatic carbocycles. The second-order valence-corrected chi connectivity index (χ2v) is 8.09. The Bertz CT molecular complexity index is 660. The molecule has 2 rings (SSSR count). The predicted molar refractivity (Wildman–Crippen MR) is 115 cm³/mol. The minimum Gasteiger partial charge on any atom is -0.494 e. The van der Waals surface area contributed by atoms with E-state index >= 15 is 0 Å². The van der Waals surface area contributed by atoms with Crippen molar-refractivity contribution in [3.63, 3.8) is 0 Å². The van der Waals surface area contributed by atoms with Crippen LogP contribution in [0.15, 0.2) is 48.5 Å². The van der Waals surface area contributed by atoms with Gasteiger partial charge in [-0.05, 0) is 66.1 Å². The van der Waals surface area contributed by atoms with Crippen molar-refractivity contribution in [3.8, 4) is 11.5 Å². The predicted octanol–water partition coefficient (Wildman–Crippen LogP) is 6.29. The summed E-state index contributed by atoms with van der Waals surface area (Å²) in [5.74, 6) is 2.51. The van der Waals surface area contributed by atoms with Crippen LogP contribution in [0, 0.1) is 5.92 Å². The van der Waals surface area contributed by atoms with Crippen LogP contribution in [0.25, 0.3) is 0 Å². The summed E-state index contributed by atoms with van der Waals surface area (Å²) in [4.78, 5) is 0. The fraction of sp³-hybridized carbons (Fsp3) is 0.500. The molecular formula is C24H35NO2. The van der Waals surface area contributed by atoms with Crippen LogP contribution in [-0.2, 0) is 5.41 Å². The van der Waals surface area contributed by atoms with Crippen LogP contribution in [0.2, 0.25) is 0 Å². The van der Waals surface area contributed by atoms with Gasteiger partial charge < -0.3 is 14.8 Å². The quantitative estimate of drug-likeness (QED) is 0.472. The molecule has 0 amide bonds. The van der Waals surface area contributed by atoms with Crippen molar-refractivity contribution < 1.29 is 9.47 Å². The first kappa shape index (κ1) is 21.1. The molecule has 0 aliphatic heterocycles. The Morgan fingerprint density at radius 2 is 1.41 bits per heavy atom. The summed E-state index contributed by atoms with van der Waals surface area (Å²) >= 11 is 0. The maximum absolute atomic E-state index is 5.84. The largest absolute Gasteiger partial charge is 0.494 e. The molecule has 0 spiro atoms. The van der Waals surface area contributed by atoms with Gasteiger partial charge in [0.15, 0.2) is 0 Å². The van der Waals surface area contributed by atoms with E-state index in [-0.39, 0.29) is 5.41 Å². The first-order chi connectivity index (χ1) is 12.9. The monoisotopic (exact) mass is 369 g/mol. The summed E-state index contributed by atoms with van der Waals surface area (Å²) in [5.41, 5.74) is 2.64. The first-order valence-corrected chi connectivity index (χ1v) is 10.1. The molecule has 0 aromatic heterocycles. The molecule has 27 heavy (non-hydrogen) atoms. The third-order valence-corrected chi connectivity index (χ3v) is 5.04. The van der Waals surface area contributed by atoms with Gasteiger partial charge in [-0.1, -0.05) is 46.8 Å². The summed E-state index contributed by atoms with van der Waals surface area (Å²) in [7, 11) is 0. The molecule has 2 aromatic rings. The van der Waals surface area contributed by atoms with Gasteiger partial charge in [0.2, 0.25) is 0 Å². The van der Waals surface area contributed by atoms with Gasteiger partial charge in [-0.25, -0.2) is 0 Å². The molecule has 0 saturated carbocycles. The highest BCUT2D eigenvalue weighted by Crippen LogP contribution is 2.28. The molecule has 0 aliphatic carbocycles. The van der Waals surface area contributed by atoms with Crippen LogP contribution in [0.3, 0.4) is 0 Å². The van der Waals surface area contributed by atoms with E-state index in [0.717, 1.165) is 43.2 Å². The summed E-state index contributed by atoms with van der Waals surface area (Å²) in [5, 5.41) is 3.38. The maximum Gasteiger partial charge on any atom is 0.119 e. The van der Waals surface area contributed by atoms with Crippen molar-refractivity contribution in [1.29, 1.82) is 0 Å². The molecule has 3 heteroatoms. The van der Waals surface area contributed by atoms with Crippen LogP contribution in [0.1, 0.15) is 53.0 Å². The number of hydrogen-bond donors (Lipinski definition) is 1. The van der Waals surface area contributed by atoms with E-state index in [1.54, 1.807) is 0 Å². The van der Waals surface area contributed by atoms with Gasteiger partial charge >= 0.3 is 0 Å². The normalized spacial score (nSPS) is 11.5. The molecule has 0 saturated heterocycles. The lowest BCUT2D eigenvalue weighted by Gasteiger charge is -2.23. The minimum atomic E-state index is 0.213. The summed E-state index contributed by atoms with van der Waals surface area (Å²) in [6, 6.07) is 16.6. The molecule has 0 unspecified atom stereocenters. The number of hydrogen-bond acceptors (Lipinski definition) is 3. The minimum absolute atomic E-state index is 0.213. The van der Waals surface area contributed by atoms with Gasteiger partial charge in [0.1, 0.15) is 18.1 Å². The highest BCUT2D eigenvalue weighted by molar-refractivity contribution is 5.46. The average Bonchev–Trinajstić information content (AvgIpc) is 2.66. The molecule has 0 bridgehead atoms. The molecule has 0 radical (unpaired) electrons. The van der Waals surface area contributed by atoms with Crippen molar-refractivity contribution in [3.05, 3.63) is 54.1 Å². The standard InChI is InChI=1S/C24H35NO2/c1-6-24(4,5)20-7-11-22(12-8-20)27-18-16-25-21-9-13-23(14-10-21)26-17-15-19(2)3/h7-14,19,25H,6,15-18H2,1-5H3. The lowest BCUT2D eigenvalue weighted by Crippen LogP contribution is -2.15. The Hall–Kier alpha value is -2.16. The van der Waals surface area contributed by atoms with Gasteiger partial charge in [-0.15, -0.1) is 0 Å². The second kappa shape index (κ2) is 10.2. The summed E-state index contributed by atoms with van der Waals surface area (Å²) in [6.07, 6.45) is 2.20. The van der Waals surface area contributed by atoms with Crippen molar-refractivity contribution >= 4 is 5.69 Å². The fourth-order valence-electron chi connectivity index (χ4n) is 2.65. The van der Waals surface area contributed by atoms with Crippen molar-refractivity contribution in [2.24, 2.45) is 5.92 Å². The zero-order valence-corrected chi connectivity index (χ0v) is 17.5. The highest BCUT2D eigenvalue weighted by Gasteiger charge is 2.17. The van der Waals surface area contributed by atoms with Crippen LogP contribution < -0.4 is 14.8 Å². The molecule has 1 N–H and O–H groups in total. The van der Waals surface area contributed by atoms with Crippen LogP contribution in [0.5, 0.6) is 11.5 Å². The number of ether oxygens (including phenoxy) is 2.